The van der Waals surface area contributed by atoms with E-state index in [0.29, 0.717) is 17.9 Å². The largest absolute Gasteiger partial charge is 0.508 e. The summed E-state index contributed by atoms with van der Waals surface area (Å²) in [4.78, 5) is 23.6. The third kappa shape index (κ3) is 5.98. The molecule has 0 aromatic heterocycles. The molecule has 0 saturated carbocycles. The number of amides is 2. The number of nitrogens with zero attached hydrogens (tertiary/aromatic N) is 1. The number of hydrazone groups is 1. The molecule has 0 radical (unpaired) electrons. The van der Waals surface area contributed by atoms with Crippen LogP contribution in [0.4, 0.5) is 0 Å². The van der Waals surface area contributed by atoms with Crippen LogP contribution in [-0.4, -0.2) is 36.3 Å². The zero-order chi connectivity index (χ0) is 18.1. The minimum Gasteiger partial charge on any atom is -0.508 e. The molecule has 25 heavy (non-hydrogen) atoms. The van der Waals surface area contributed by atoms with Gasteiger partial charge in [0.2, 0.25) is 0 Å². The molecule has 0 heterocycles. The van der Waals surface area contributed by atoms with Gasteiger partial charge in [0.05, 0.1) is 19.4 Å². The van der Waals surface area contributed by atoms with Crippen molar-refractivity contribution in [3.05, 3.63) is 59.7 Å². The van der Waals surface area contributed by atoms with Crippen molar-refractivity contribution in [2.75, 3.05) is 13.2 Å². The van der Waals surface area contributed by atoms with Crippen LogP contribution in [0.25, 0.3) is 0 Å². The van der Waals surface area contributed by atoms with Crippen molar-refractivity contribution in [1.82, 2.24) is 10.7 Å². The molecule has 2 aromatic carbocycles. The molecule has 2 aromatic rings. The molecular weight excluding hydrogens is 322 g/mol. The number of phenolic OH excluding ortho intramolecular Hbond substituents is 1. The predicted molar refractivity (Wildman–Crippen MR) is 93.8 cm³/mol. The second kappa shape index (κ2) is 9.07. The minimum absolute atomic E-state index is 0.151. The normalized spacial score (nSPS) is 10.4. The molecule has 130 valence electrons. The lowest BCUT2D eigenvalue weighted by atomic mass is 10.2. The molecule has 7 nitrogen and oxygen atoms in total. The fourth-order valence-electron chi connectivity index (χ4n) is 1.91. The van der Waals surface area contributed by atoms with Crippen LogP contribution in [-0.2, 0) is 4.79 Å². The number of hydrogen-bond acceptors (Lipinski definition) is 5. The maximum Gasteiger partial charge on any atom is 0.259 e. The number of benzene rings is 2. The summed E-state index contributed by atoms with van der Waals surface area (Å²) in [5.74, 6) is 0.0218. The first-order valence-electron chi connectivity index (χ1n) is 7.70. The molecule has 2 amide bonds. The van der Waals surface area contributed by atoms with Crippen molar-refractivity contribution in [3.8, 4) is 11.5 Å². The van der Waals surface area contributed by atoms with Gasteiger partial charge in [0.25, 0.3) is 11.8 Å². The van der Waals surface area contributed by atoms with Crippen LogP contribution < -0.4 is 15.5 Å². The van der Waals surface area contributed by atoms with E-state index in [2.05, 4.69) is 15.8 Å². The van der Waals surface area contributed by atoms with E-state index in [-0.39, 0.29) is 18.2 Å². The maximum atomic E-state index is 12.0. The van der Waals surface area contributed by atoms with E-state index < -0.39 is 5.91 Å². The maximum absolute atomic E-state index is 12.0. The Bertz CT molecular complexity index is 740. The zero-order valence-corrected chi connectivity index (χ0v) is 13.7. The molecular formula is C18H19N3O4. The number of ether oxygens (including phenoxy) is 1. The number of rotatable bonds is 7. The van der Waals surface area contributed by atoms with Crippen LogP contribution in [0.15, 0.2) is 53.6 Å². The number of aromatic hydroxyl groups is 1. The Hall–Kier alpha value is -3.35. The molecule has 0 aliphatic heterocycles. The van der Waals surface area contributed by atoms with Crippen molar-refractivity contribution < 1.29 is 19.4 Å². The SMILES string of the molecule is CCOc1ccc(C(=O)NCC(=O)N/N=C\c2ccc(O)cc2)cc1. The molecule has 0 aliphatic rings. The summed E-state index contributed by atoms with van der Waals surface area (Å²) in [5, 5.41) is 15.5. The van der Waals surface area contributed by atoms with Gasteiger partial charge in [0.1, 0.15) is 11.5 Å². The van der Waals surface area contributed by atoms with E-state index in [1.165, 1.54) is 18.3 Å². The second-order valence-electron chi connectivity index (χ2n) is 5.02. The lowest BCUT2D eigenvalue weighted by Gasteiger charge is -2.06. The highest BCUT2D eigenvalue weighted by Crippen LogP contribution is 2.11. The Kier molecular flexibility index (Phi) is 6.53. The average Bonchev–Trinajstić information content (AvgIpc) is 2.62. The van der Waals surface area contributed by atoms with Gasteiger partial charge in [-0.05, 0) is 61.0 Å². The molecule has 0 unspecified atom stereocenters. The van der Waals surface area contributed by atoms with E-state index >= 15 is 0 Å². The second-order valence-corrected chi connectivity index (χ2v) is 5.02. The van der Waals surface area contributed by atoms with Gasteiger partial charge in [-0.25, -0.2) is 5.43 Å². The first kappa shape index (κ1) is 18.0. The van der Waals surface area contributed by atoms with Crippen molar-refractivity contribution >= 4 is 18.0 Å². The van der Waals surface area contributed by atoms with Gasteiger partial charge >= 0.3 is 0 Å². The van der Waals surface area contributed by atoms with Crippen LogP contribution in [0.1, 0.15) is 22.8 Å². The lowest BCUT2D eigenvalue weighted by Crippen LogP contribution is -2.34. The topological polar surface area (TPSA) is 100 Å². The van der Waals surface area contributed by atoms with Crippen LogP contribution in [0.3, 0.4) is 0 Å². The third-order valence-corrected chi connectivity index (χ3v) is 3.13. The summed E-state index contributed by atoms with van der Waals surface area (Å²) in [7, 11) is 0. The number of nitrogens with one attached hydrogen (secondary N) is 2. The van der Waals surface area contributed by atoms with Crippen LogP contribution in [0.2, 0.25) is 0 Å². The van der Waals surface area contributed by atoms with Crippen molar-refractivity contribution in [3.63, 3.8) is 0 Å². The number of phenols is 1. The first-order valence-corrected chi connectivity index (χ1v) is 7.70. The number of carbonyl (C=O) groups is 2. The summed E-state index contributed by atoms with van der Waals surface area (Å²) < 4.78 is 5.30. The molecule has 0 atom stereocenters. The molecule has 0 saturated heterocycles. The van der Waals surface area contributed by atoms with Crippen molar-refractivity contribution in [2.45, 2.75) is 6.92 Å². The Morgan fingerprint density at radius 1 is 1.12 bits per heavy atom. The zero-order valence-electron chi connectivity index (χ0n) is 13.7. The van der Waals surface area contributed by atoms with Crippen LogP contribution in [0.5, 0.6) is 11.5 Å². The van der Waals surface area contributed by atoms with Gasteiger partial charge in [-0.3, -0.25) is 9.59 Å². The van der Waals surface area contributed by atoms with Gasteiger partial charge in [-0.1, -0.05) is 0 Å². The smallest absolute Gasteiger partial charge is 0.259 e. The van der Waals surface area contributed by atoms with Gasteiger partial charge in [0.15, 0.2) is 0 Å². The Labute approximate surface area is 145 Å². The van der Waals surface area contributed by atoms with Crippen LogP contribution >= 0.6 is 0 Å². The monoisotopic (exact) mass is 341 g/mol. The standard InChI is InChI=1S/C18H19N3O4/c1-2-25-16-9-5-14(6-10-16)18(24)19-12-17(23)21-20-11-13-3-7-15(22)8-4-13/h3-11,22H,2,12H2,1H3,(H,19,24)(H,21,23)/b20-11-. The molecule has 3 N–H and O–H groups in total. The average molecular weight is 341 g/mol. The van der Waals surface area contributed by atoms with Crippen molar-refractivity contribution in [1.29, 1.82) is 0 Å². The Balaban J connectivity index is 1.77. The van der Waals surface area contributed by atoms with Gasteiger partial charge in [-0.2, -0.15) is 5.10 Å². The molecule has 0 spiro atoms. The van der Waals surface area contributed by atoms with Gasteiger partial charge in [-0.15, -0.1) is 0 Å². The van der Waals surface area contributed by atoms with Crippen LogP contribution in [0, 0.1) is 0 Å². The Morgan fingerprint density at radius 2 is 1.80 bits per heavy atom. The summed E-state index contributed by atoms with van der Waals surface area (Å²) >= 11 is 0. The van der Waals surface area contributed by atoms with E-state index in [1.54, 1.807) is 36.4 Å². The quantitative estimate of drug-likeness (QED) is 0.527. The van der Waals surface area contributed by atoms with Gasteiger partial charge in [0, 0.05) is 5.56 Å². The predicted octanol–water partition coefficient (Wildman–Crippen LogP) is 1.67. The summed E-state index contributed by atoms with van der Waals surface area (Å²) in [6.45, 7) is 2.23. The highest BCUT2D eigenvalue weighted by molar-refractivity contribution is 5.96. The van der Waals surface area contributed by atoms with E-state index in [1.807, 2.05) is 6.92 Å². The molecule has 7 heteroatoms. The van der Waals surface area contributed by atoms with Crippen molar-refractivity contribution in [2.24, 2.45) is 5.10 Å². The number of hydrogen-bond donors (Lipinski definition) is 3. The summed E-state index contributed by atoms with van der Waals surface area (Å²) in [5.41, 5.74) is 3.46. The minimum atomic E-state index is -0.450. The highest BCUT2D eigenvalue weighted by Gasteiger charge is 2.07. The van der Waals surface area contributed by atoms with E-state index in [4.69, 9.17) is 9.84 Å². The molecule has 0 aliphatic carbocycles. The third-order valence-electron chi connectivity index (χ3n) is 3.13. The van der Waals surface area contributed by atoms with E-state index in [0.717, 1.165) is 5.56 Å². The van der Waals surface area contributed by atoms with Gasteiger partial charge < -0.3 is 15.2 Å². The highest BCUT2D eigenvalue weighted by atomic mass is 16.5. The fraction of sp³-hybridized carbons (Fsp3) is 0.167. The lowest BCUT2D eigenvalue weighted by molar-refractivity contribution is -0.120. The molecule has 0 fully saturated rings. The summed E-state index contributed by atoms with van der Waals surface area (Å²) in [6, 6.07) is 13.0. The van der Waals surface area contributed by atoms with E-state index in [9.17, 15) is 9.59 Å². The summed E-state index contributed by atoms with van der Waals surface area (Å²) in [6.07, 6.45) is 1.44. The fourth-order valence-corrected chi connectivity index (χ4v) is 1.91. The first-order chi connectivity index (χ1) is 12.1. The molecule has 2 rings (SSSR count). The number of carbonyl (C=O) groups excluding carboxylic acids is 2. The Morgan fingerprint density at radius 3 is 2.44 bits per heavy atom. The molecule has 0 bridgehead atoms.